The zero-order valence-corrected chi connectivity index (χ0v) is 13.5. The molecule has 0 saturated carbocycles. The monoisotopic (exact) mass is 316 g/mol. The molecule has 5 heteroatoms. The molecule has 5 nitrogen and oxygen atoms in total. The number of aryl methyl sites for hydroxylation is 1. The molecule has 0 atom stereocenters. The molecule has 0 radical (unpaired) electrons. The van der Waals surface area contributed by atoms with Crippen LogP contribution in [-0.4, -0.2) is 26.9 Å². The van der Waals surface area contributed by atoms with E-state index in [1.807, 2.05) is 55.6 Å². The maximum absolute atomic E-state index is 5.44. The summed E-state index contributed by atoms with van der Waals surface area (Å²) in [5.74, 6) is 0.778. The van der Waals surface area contributed by atoms with Gasteiger partial charge in [-0.2, -0.15) is 5.10 Å². The molecule has 0 spiro atoms. The van der Waals surface area contributed by atoms with Gasteiger partial charge in [0, 0.05) is 11.8 Å². The number of fused-ring (bicyclic) bond motifs is 1. The van der Waals surface area contributed by atoms with Gasteiger partial charge in [-0.3, -0.25) is 4.98 Å². The van der Waals surface area contributed by atoms with E-state index >= 15 is 0 Å². The molecule has 24 heavy (non-hydrogen) atoms. The second kappa shape index (κ2) is 5.77. The van der Waals surface area contributed by atoms with Crippen LogP contribution in [-0.2, 0) is 0 Å². The lowest BCUT2D eigenvalue weighted by Gasteiger charge is -2.09. The Balaban J connectivity index is 1.78. The fourth-order valence-corrected chi connectivity index (χ4v) is 2.66. The first-order valence-electron chi connectivity index (χ1n) is 7.66. The first-order valence-corrected chi connectivity index (χ1v) is 7.66. The molecule has 0 N–H and O–H groups in total. The second-order valence-corrected chi connectivity index (χ2v) is 5.59. The fourth-order valence-electron chi connectivity index (χ4n) is 2.66. The molecule has 2 aromatic heterocycles. The van der Waals surface area contributed by atoms with Crippen LogP contribution in [0.15, 0.2) is 61.1 Å². The summed E-state index contributed by atoms with van der Waals surface area (Å²) in [4.78, 5) is 9.13. The topological polar surface area (TPSA) is 52.8 Å². The van der Waals surface area contributed by atoms with Gasteiger partial charge in [0.15, 0.2) is 0 Å². The number of hydrogen-bond donors (Lipinski definition) is 0. The largest absolute Gasteiger partial charge is 0.494 e. The molecule has 0 amide bonds. The second-order valence-electron chi connectivity index (χ2n) is 5.59. The van der Waals surface area contributed by atoms with Crippen molar-refractivity contribution in [2.45, 2.75) is 6.92 Å². The maximum atomic E-state index is 5.44. The van der Waals surface area contributed by atoms with Crippen molar-refractivity contribution in [3.63, 3.8) is 0 Å². The molecule has 4 rings (SSSR count). The SMILES string of the molecule is COc1ccc(C)cc1-n1cc(-c2cnc3ccccc3n2)cn1. The Hall–Kier alpha value is -3.21. The van der Waals surface area contributed by atoms with E-state index in [1.165, 1.54) is 0 Å². The zero-order valence-electron chi connectivity index (χ0n) is 13.5. The molecule has 2 heterocycles. The predicted octanol–water partition coefficient (Wildman–Crippen LogP) is 3.80. The Morgan fingerprint density at radius 1 is 1.00 bits per heavy atom. The van der Waals surface area contributed by atoms with Gasteiger partial charge in [0.05, 0.1) is 36.2 Å². The predicted molar refractivity (Wildman–Crippen MR) is 93.4 cm³/mol. The van der Waals surface area contributed by atoms with E-state index in [0.29, 0.717) is 0 Å². The number of methoxy groups -OCH3 is 1. The smallest absolute Gasteiger partial charge is 0.144 e. The fraction of sp³-hybridized carbons (Fsp3) is 0.105. The van der Waals surface area contributed by atoms with Crippen LogP contribution in [0.4, 0.5) is 0 Å². The third-order valence-corrected chi connectivity index (χ3v) is 3.91. The molecule has 0 unspecified atom stereocenters. The number of rotatable bonds is 3. The van der Waals surface area contributed by atoms with Gasteiger partial charge in [-0.05, 0) is 36.8 Å². The quantitative estimate of drug-likeness (QED) is 0.577. The molecule has 2 aromatic carbocycles. The summed E-state index contributed by atoms with van der Waals surface area (Å²) < 4.78 is 7.24. The summed E-state index contributed by atoms with van der Waals surface area (Å²) in [6, 6.07) is 13.8. The standard InChI is InChI=1S/C19H16N4O/c1-13-7-8-19(24-2)18(9-13)23-12-14(10-21-23)17-11-20-15-5-3-4-6-16(15)22-17/h3-12H,1-2H3. The molecule has 118 valence electrons. The van der Waals surface area contributed by atoms with Crippen LogP contribution in [0.25, 0.3) is 28.0 Å². The van der Waals surface area contributed by atoms with E-state index in [1.54, 1.807) is 24.2 Å². The van der Waals surface area contributed by atoms with Gasteiger partial charge in [0.1, 0.15) is 11.4 Å². The Bertz CT molecular complexity index is 1020. The van der Waals surface area contributed by atoms with Crippen molar-refractivity contribution in [2.75, 3.05) is 7.11 Å². The minimum absolute atomic E-state index is 0.778. The molecular formula is C19H16N4O. The van der Waals surface area contributed by atoms with Crippen molar-refractivity contribution in [3.8, 4) is 22.7 Å². The molecule has 0 aliphatic heterocycles. The number of hydrogen-bond acceptors (Lipinski definition) is 4. The van der Waals surface area contributed by atoms with E-state index in [-0.39, 0.29) is 0 Å². The normalized spacial score (nSPS) is 10.9. The zero-order chi connectivity index (χ0) is 16.5. The Morgan fingerprint density at radius 3 is 2.67 bits per heavy atom. The van der Waals surface area contributed by atoms with Crippen molar-refractivity contribution in [2.24, 2.45) is 0 Å². The third kappa shape index (κ3) is 2.50. The maximum Gasteiger partial charge on any atom is 0.144 e. The number of nitrogens with zero attached hydrogens (tertiary/aromatic N) is 4. The third-order valence-electron chi connectivity index (χ3n) is 3.91. The molecule has 0 fully saturated rings. The first kappa shape index (κ1) is 14.4. The lowest BCUT2D eigenvalue weighted by Crippen LogP contribution is -1.98. The number of ether oxygens (including phenoxy) is 1. The summed E-state index contributed by atoms with van der Waals surface area (Å²) in [5, 5.41) is 4.46. The summed E-state index contributed by atoms with van der Waals surface area (Å²) in [5.41, 5.74) is 5.51. The molecule has 0 aliphatic rings. The number of para-hydroxylation sites is 2. The molecular weight excluding hydrogens is 300 g/mol. The van der Waals surface area contributed by atoms with Crippen LogP contribution < -0.4 is 4.74 Å². The van der Waals surface area contributed by atoms with Crippen LogP contribution in [0.3, 0.4) is 0 Å². The van der Waals surface area contributed by atoms with E-state index in [4.69, 9.17) is 4.74 Å². The Labute approximate surface area is 139 Å². The van der Waals surface area contributed by atoms with Gasteiger partial charge in [-0.1, -0.05) is 18.2 Å². The highest BCUT2D eigenvalue weighted by molar-refractivity contribution is 5.76. The Morgan fingerprint density at radius 2 is 1.83 bits per heavy atom. The van der Waals surface area contributed by atoms with Gasteiger partial charge >= 0.3 is 0 Å². The van der Waals surface area contributed by atoms with Crippen LogP contribution in [0.1, 0.15) is 5.56 Å². The van der Waals surface area contributed by atoms with Crippen LogP contribution in [0.2, 0.25) is 0 Å². The summed E-state index contributed by atoms with van der Waals surface area (Å²) in [7, 11) is 1.66. The van der Waals surface area contributed by atoms with Gasteiger partial charge in [-0.15, -0.1) is 0 Å². The van der Waals surface area contributed by atoms with Crippen molar-refractivity contribution in [3.05, 3.63) is 66.6 Å². The summed E-state index contributed by atoms with van der Waals surface area (Å²) >= 11 is 0. The van der Waals surface area contributed by atoms with Crippen molar-refractivity contribution in [1.29, 1.82) is 0 Å². The minimum Gasteiger partial charge on any atom is -0.494 e. The summed E-state index contributed by atoms with van der Waals surface area (Å²) in [6.45, 7) is 2.04. The number of benzene rings is 2. The highest BCUT2D eigenvalue weighted by Crippen LogP contribution is 2.26. The van der Waals surface area contributed by atoms with Gasteiger partial charge < -0.3 is 4.74 Å². The van der Waals surface area contributed by atoms with Gasteiger partial charge in [-0.25, -0.2) is 9.67 Å². The number of aromatic nitrogens is 4. The van der Waals surface area contributed by atoms with Crippen LogP contribution in [0, 0.1) is 6.92 Å². The lowest BCUT2D eigenvalue weighted by atomic mass is 10.2. The minimum atomic E-state index is 0.778. The Kier molecular flexibility index (Phi) is 3.46. The van der Waals surface area contributed by atoms with E-state index in [2.05, 4.69) is 15.1 Å². The highest BCUT2D eigenvalue weighted by atomic mass is 16.5. The van der Waals surface area contributed by atoms with Crippen molar-refractivity contribution < 1.29 is 4.74 Å². The highest BCUT2D eigenvalue weighted by Gasteiger charge is 2.10. The van der Waals surface area contributed by atoms with Gasteiger partial charge in [0.2, 0.25) is 0 Å². The van der Waals surface area contributed by atoms with Crippen molar-refractivity contribution in [1.82, 2.24) is 19.7 Å². The van der Waals surface area contributed by atoms with Gasteiger partial charge in [0.25, 0.3) is 0 Å². The van der Waals surface area contributed by atoms with Crippen LogP contribution in [0.5, 0.6) is 5.75 Å². The van der Waals surface area contributed by atoms with Crippen molar-refractivity contribution >= 4 is 11.0 Å². The lowest BCUT2D eigenvalue weighted by molar-refractivity contribution is 0.411. The molecule has 4 aromatic rings. The molecule has 0 saturated heterocycles. The first-order chi connectivity index (χ1) is 11.7. The summed E-state index contributed by atoms with van der Waals surface area (Å²) in [6.07, 6.45) is 5.51. The average molecular weight is 316 g/mol. The molecule has 0 aliphatic carbocycles. The van der Waals surface area contributed by atoms with E-state index in [0.717, 1.165) is 39.3 Å². The van der Waals surface area contributed by atoms with E-state index in [9.17, 15) is 0 Å². The average Bonchev–Trinajstić information content (AvgIpc) is 3.11. The van der Waals surface area contributed by atoms with E-state index < -0.39 is 0 Å². The molecule has 0 bridgehead atoms. The van der Waals surface area contributed by atoms with Crippen LogP contribution >= 0.6 is 0 Å².